The lowest BCUT2D eigenvalue weighted by Gasteiger charge is -2.21. The van der Waals surface area contributed by atoms with Crippen molar-refractivity contribution in [2.75, 3.05) is 14.2 Å². The Bertz CT molecular complexity index is 1010. The molecule has 0 amide bonds. The number of benzene rings is 2. The van der Waals surface area contributed by atoms with Gasteiger partial charge in [-0.15, -0.1) is 0 Å². The van der Waals surface area contributed by atoms with Crippen LogP contribution >= 0.6 is 0 Å². The average Bonchev–Trinajstić information content (AvgIpc) is 2.61. The van der Waals surface area contributed by atoms with Crippen LogP contribution in [0.1, 0.15) is 22.3 Å². The van der Waals surface area contributed by atoms with Crippen molar-refractivity contribution >= 4 is 10.8 Å². The van der Waals surface area contributed by atoms with Crippen molar-refractivity contribution < 1.29 is 14.0 Å². The van der Waals surface area contributed by atoms with Crippen LogP contribution in [-0.2, 0) is 13.0 Å². The molecular weight excluding hydrogens is 310 g/mol. The maximum atomic E-state index is 5.82. The Hall–Kier alpha value is -2.55. The predicted octanol–water partition coefficient (Wildman–Crippen LogP) is 4.29. The first kappa shape index (κ1) is 15.9. The maximum Gasteiger partial charge on any atom is 0.217 e. The van der Waals surface area contributed by atoms with Crippen LogP contribution in [0.25, 0.3) is 22.0 Å². The molecule has 0 aliphatic carbocycles. The Morgan fingerprint density at radius 1 is 0.920 bits per heavy atom. The second-order valence-corrected chi connectivity index (χ2v) is 6.91. The Balaban J connectivity index is 2.06. The normalized spacial score (nSPS) is 12.7. The average molecular weight is 334 g/mol. The summed E-state index contributed by atoms with van der Waals surface area (Å²) >= 11 is 0. The van der Waals surface area contributed by atoms with Gasteiger partial charge in [0.25, 0.3) is 0 Å². The van der Waals surface area contributed by atoms with E-state index in [4.69, 9.17) is 9.47 Å². The molecule has 1 aliphatic rings. The second-order valence-electron chi connectivity index (χ2n) is 6.91. The highest BCUT2D eigenvalue weighted by Gasteiger charge is 2.29. The summed E-state index contributed by atoms with van der Waals surface area (Å²) in [6.07, 6.45) is 3.25. The Kier molecular flexibility index (Phi) is 3.68. The van der Waals surface area contributed by atoms with E-state index in [2.05, 4.69) is 55.8 Å². The number of fused-ring (bicyclic) bond motifs is 4. The molecule has 3 heteroatoms. The zero-order valence-electron chi connectivity index (χ0n) is 15.6. The number of rotatable bonds is 2. The SMILES string of the molecule is COc1c(C)c(C)cc2c1-c1cc3ccc(C)c(OC)c3c[n+]1CC2. The van der Waals surface area contributed by atoms with Crippen LogP contribution in [0.15, 0.2) is 30.5 Å². The van der Waals surface area contributed by atoms with Crippen molar-refractivity contribution in [2.24, 2.45) is 0 Å². The largest absolute Gasteiger partial charge is 0.496 e. The van der Waals surface area contributed by atoms with Gasteiger partial charge in [-0.1, -0.05) is 18.2 Å². The summed E-state index contributed by atoms with van der Waals surface area (Å²) < 4.78 is 13.8. The van der Waals surface area contributed by atoms with E-state index in [1.807, 2.05) is 0 Å². The van der Waals surface area contributed by atoms with Gasteiger partial charge in [-0.05, 0) is 48.4 Å². The van der Waals surface area contributed by atoms with Crippen molar-refractivity contribution in [1.29, 1.82) is 0 Å². The topological polar surface area (TPSA) is 22.3 Å². The third kappa shape index (κ3) is 2.30. The third-order valence-corrected chi connectivity index (χ3v) is 5.47. The van der Waals surface area contributed by atoms with E-state index in [9.17, 15) is 0 Å². The first-order chi connectivity index (χ1) is 12.0. The fraction of sp³-hybridized carbons (Fsp3) is 0.318. The summed E-state index contributed by atoms with van der Waals surface area (Å²) in [5, 5.41) is 2.36. The summed E-state index contributed by atoms with van der Waals surface area (Å²) in [5.41, 5.74) is 7.51. The highest BCUT2D eigenvalue weighted by Crippen LogP contribution is 2.40. The molecule has 2 heterocycles. The zero-order chi connectivity index (χ0) is 17.7. The molecule has 128 valence electrons. The minimum Gasteiger partial charge on any atom is -0.496 e. The van der Waals surface area contributed by atoms with Crippen molar-refractivity contribution in [1.82, 2.24) is 0 Å². The highest BCUT2D eigenvalue weighted by atomic mass is 16.5. The first-order valence-corrected chi connectivity index (χ1v) is 8.73. The third-order valence-electron chi connectivity index (χ3n) is 5.47. The number of aryl methyl sites for hydroxylation is 4. The molecule has 0 radical (unpaired) electrons. The van der Waals surface area contributed by atoms with Crippen LogP contribution in [0.3, 0.4) is 0 Å². The van der Waals surface area contributed by atoms with Crippen molar-refractivity contribution in [3.8, 4) is 22.8 Å². The molecule has 0 unspecified atom stereocenters. The number of aromatic nitrogens is 1. The molecule has 0 fully saturated rings. The molecule has 0 saturated heterocycles. The van der Waals surface area contributed by atoms with Crippen LogP contribution in [0.2, 0.25) is 0 Å². The molecule has 0 spiro atoms. The minimum atomic E-state index is 0.964. The number of pyridine rings is 1. The van der Waals surface area contributed by atoms with E-state index >= 15 is 0 Å². The summed E-state index contributed by atoms with van der Waals surface area (Å²) in [4.78, 5) is 0. The van der Waals surface area contributed by atoms with E-state index in [1.165, 1.54) is 33.3 Å². The van der Waals surface area contributed by atoms with E-state index < -0.39 is 0 Å². The molecule has 0 atom stereocenters. The van der Waals surface area contributed by atoms with Gasteiger partial charge in [0.1, 0.15) is 11.5 Å². The lowest BCUT2D eigenvalue weighted by atomic mass is 9.90. The van der Waals surface area contributed by atoms with E-state index in [0.29, 0.717) is 0 Å². The number of hydrogen-bond donors (Lipinski definition) is 0. The monoisotopic (exact) mass is 334 g/mol. The summed E-state index contributed by atoms with van der Waals surface area (Å²) in [6, 6.07) is 8.89. The van der Waals surface area contributed by atoms with Crippen LogP contribution in [0.5, 0.6) is 11.5 Å². The van der Waals surface area contributed by atoms with Crippen molar-refractivity contribution in [3.05, 3.63) is 52.7 Å². The van der Waals surface area contributed by atoms with Crippen molar-refractivity contribution in [3.63, 3.8) is 0 Å². The van der Waals surface area contributed by atoms with Gasteiger partial charge >= 0.3 is 0 Å². The van der Waals surface area contributed by atoms with Gasteiger partial charge in [-0.2, -0.15) is 4.57 Å². The molecule has 1 aromatic heterocycles. The highest BCUT2D eigenvalue weighted by molar-refractivity contribution is 5.91. The van der Waals surface area contributed by atoms with Gasteiger partial charge in [-0.3, -0.25) is 0 Å². The smallest absolute Gasteiger partial charge is 0.217 e. The maximum absolute atomic E-state index is 5.82. The molecule has 0 saturated carbocycles. The van der Waals surface area contributed by atoms with Gasteiger partial charge < -0.3 is 9.47 Å². The molecule has 3 nitrogen and oxygen atoms in total. The van der Waals surface area contributed by atoms with Gasteiger partial charge in [0.2, 0.25) is 5.69 Å². The van der Waals surface area contributed by atoms with Crippen LogP contribution in [0.4, 0.5) is 0 Å². The lowest BCUT2D eigenvalue weighted by molar-refractivity contribution is -0.686. The first-order valence-electron chi connectivity index (χ1n) is 8.73. The number of ether oxygens (including phenoxy) is 2. The Labute approximate surface area is 148 Å². The standard InChI is InChI=1S/C22H24NO2/c1-13-6-7-16-11-19-20-17(10-14(2)15(3)22(20)25-5)8-9-23(19)12-18(16)21(13)24-4/h6-7,10-12H,8-9H2,1-5H3/q+1. The number of methoxy groups -OCH3 is 2. The van der Waals surface area contributed by atoms with E-state index in [0.717, 1.165) is 35.4 Å². The van der Waals surface area contributed by atoms with Crippen LogP contribution in [-0.4, -0.2) is 14.2 Å². The van der Waals surface area contributed by atoms with Crippen LogP contribution < -0.4 is 14.0 Å². The quantitative estimate of drug-likeness (QED) is 0.652. The zero-order valence-corrected chi connectivity index (χ0v) is 15.6. The predicted molar refractivity (Wildman–Crippen MR) is 101 cm³/mol. The van der Waals surface area contributed by atoms with Gasteiger partial charge in [0.05, 0.1) is 25.2 Å². The summed E-state index contributed by atoms with van der Waals surface area (Å²) in [6.45, 7) is 7.36. The second kappa shape index (κ2) is 5.76. The summed E-state index contributed by atoms with van der Waals surface area (Å²) in [5.74, 6) is 1.97. The van der Waals surface area contributed by atoms with Gasteiger partial charge in [-0.25, -0.2) is 0 Å². The van der Waals surface area contributed by atoms with Gasteiger partial charge in [0.15, 0.2) is 12.7 Å². The van der Waals surface area contributed by atoms with E-state index in [-0.39, 0.29) is 0 Å². The van der Waals surface area contributed by atoms with Gasteiger partial charge in [0, 0.05) is 12.5 Å². The van der Waals surface area contributed by atoms with Crippen LogP contribution in [0, 0.1) is 20.8 Å². The fourth-order valence-corrected chi connectivity index (χ4v) is 4.04. The molecule has 3 aromatic rings. The lowest BCUT2D eigenvalue weighted by Crippen LogP contribution is -2.40. The van der Waals surface area contributed by atoms with Crippen molar-refractivity contribution in [2.45, 2.75) is 33.7 Å². The van der Waals surface area contributed by atoms with E-state index in [1.54, 1.807) is 14.2 Å². The minimum absolute atomic E-state index is 0.964. The summed E-state index contributed by atoms with van der Waals surface area (Å²) in [7, 11) is 3.52. The Morgan fingerprint density at radius 3 is 2.40 bits per heavy atom. The fourth-order valence-electron chi connectivity index (χ4n) is 4.04. The number of hydrogen-bond acceptors (Lipinski definition) is 2. The molecular formula is C22H24NO2+. The molecule has 4 rings (SSSR count). The number of nitrogens with zero attached hydrogens (tertiary/aromatic N) is 1. The Morgan fingerprint density at radius 2 is 1.68 bits per heavy atom. The molecule has 0 N–H and O–H groups in total. The molecule has 0 bridgehead atoms. The molecule has 1 aliphatic heterocycles. The molecule has 25 heavy (non-hydrogen) atoms. The molecule has 2 aromatic carbocycles.